The van der Waals surface area contributed by atoms with Crippen molar-refractivity contribution < 1.29 is 31.8 Å². The zero-order chi connectivity index (χ0) is 24.0. The maximum Gasteiger partial charge on any atom is 0.416 e. The van der Waals surface area contributed by atoms with E-state index in [2.05, 4.69) is 0 Å². The number of benzene rings is 2. The third-order valence-corrected chi connectivity index (χ3v) is 7.22. The predicted octanol–water partition coefficient (Wildman–Crippen LogP) is 6.58. The van der Waals surface area contributed by atoms with Crippen LogP contribution in [0.5, 0.6) is 0 Å². The number of hydrogen-bond acceptors (Lipinski definition) is 3. The van der Waals surface area contributed by atoms with E-state index in [4.69, 9.17) is 9.47 Å². The molecule has 4 rings (SSSR count). The van der Waals surface area contributed by atoms with Gasteiger partial charge in [0.1, 0.15) is 5.82 Å². The molecule has 178 valence electrons. The summed E-state index contributed by atoms with van der Waals surface area (Å²) in [5, 5.41) is 0. The fourth-order valence-corrected chi connectivity index (χ4v) is 5.72. The number of rotatable bonds is 4. The van der Waals surface area contributed by atoms with Gasteiger partial charge in [-0.15, -0.1) is 0 Å². The monoisotopic (exact) mass is 464 g/mol. The zero-order valence-electron chi connectivity index (χ0n) is 18.9. The molecule has 2 fully saturated rings. The lowest BCUT2D eigenvalue weighted by Crippen LogP contribution is -2.35. The summed E-state index contributed by atoms with van der Waals surface area (Å²) in [5.74, 6) is -1.72. The van der Waals surface area contributed by atoms with Gasteiger partial charge in [0.15, 0.2) is 0 Å². The van der Waals surface area contributed by atoms with Gasteiger partial charge in [-0.1, -0.05) is 32.0 Å². The molecule has 1 heterocycles. The van der Waals surface area contributed by atoms with E-state index in [0.717, 1.165) is 17.2 Å². The highest BCUT2D eigenvalue weighted by molar-refractivity contribution is 5.74. The number of alkyl halides is 3. The maximum atomic E-state index is 13.6. The van der Waals surface area contributed by atoms with Crippen molar-refractivity contribution in [2.24, 2.45) is 5.92 Å². The van der Waals surface area contributed by atoms with Crippen molar-refractivity contribution >= 4 is 5.97 Å². The highest BCUT2D eigenvalue weighted by Gasteiger charge is 2.56. The molecular formula is C26H28F4O3. The van der Waals surface area contributed by atoms with Gasteiger partial charge in [0, 0.05) is 11.8 Å². The molecule has 4 atom stereocenters. The molecule has 0 aromatic heterocycles. The van der Waals surface area contributed by atoms with Crippen molar-refractivity contribution in [1.29, 1.82) is 0 Å². The standard InChI is InChI=1S/C26H28F4O3/c1-15(2)20-9-6-18(26(28,29)30)12-22(20)17-13-25(33-14-17)11-10-21(24(31)32-3)23(25)16-4-7-19(27)8-5-16/h4-9,12,15,17,21,23H,10-11,13-14H2,1-3H3/t17-,21+,23-,25-/m1/s1. The molecule has 0 bridgehead atoms. The van der Waals surface area contributed by atoms with Crippen molar-refractivity contribution in [3.05, 3.63) is 70.5 Å². The van der Waals surface area contributed by atoms with Gasteiger partial charge in [-0.3, -0.25) is 4.79 Å². The zero-order valence-corrected chi connectivity index (χ0v) is 18.9. The topological polar surface area (TPSA) is 35.5 Å². The minimum absolute atomic E-state index is 0.0538. The Morgan fingerprint density at radius 2 is 1.85 bits per heavy atom. The van der Waals surface area contributed by atoms with Crippen LogP contribution in [0.15, 0.2) is 42.5 Å². The van der Waals surface area contributed by atoms with Gasteiger partial charge in [0.25, 0.3) is 0 Å². The van der Waals surface area contributed by atoms with Crippen LogP contribution in [0.25, 0.3) is 0 Å². The van der Waals surface area contributed by atoms with Crippen molar-refractivity contribution in [2.45, 2.75) is 62.6 Å². The van der Waals surface area contributed by atoms with E-state index < -0.39 is 23.3 Å². The fourth-order valence-electron chi connectivity index (χ4n) is 5.72. The molecule has 2 aliphatic rings. The van der Waals surface area contributed by atoms with Crippen molar-refractivity contribution in [2.75, 3.05) is 13.7 Å². The Balaban J connectivity index is 1.73. The lowest BCUT2D eigenvalue weighted by atomic mass is 9.75. The molecule has 1 saturated heterocycles. The van der Waals surface area contributed by atoms with Crippen molar-refractivity contribution in [3.63, 3.8) is 0 Å². The summed E-state index contributed by atoms with van der Waals surface area (Å²) >= 11 is 0. The minimum atomic E-state index is -4.43. The first-order chi connectivity index (χ1) is 15.6. The Morgan fingerprint density at radius 3 is 2.45 bits per heavy atom. The average molecular weight is 464 g/mol. The maximum absolute atomic E-state index is 13.6. The lowest BCUT2D eigenvalue weighted by Gasteiger charge is -2.33. The number of halogens is 4. The largest absolute Gasteiger partial charge is 0.469 e. The molecule has 33 heavy (non-hydrogen) atoms. The Bertz CT molecular complexity index is 1020. The van der Waals surface area contributed by atoms with E-state index >= 15 is 0 Å². The van der Waals surface area contributed by atoms with Gasteiger partial charge in [0.05, 0.1) is 30.8 Å². The van der Waals surface area contributed by atoms with E-state index in [-0.39, 0.29) is 36.1 Å². The van der Waals surface area contributed by atoms with Crippen LogP contribution in [0, 0.1) is 11.7 Å². The summed E-state index contributed by atoms with van der Waals surface area (Å²) in [6.45, 7) is 4.19. The molecule has 1 aliphatic carbocycles. The number of methoxy groups -OCH3 is 1. The van der Waals surface area contributed by atoms with Crippen molar-refractivity contribution in [3.8, 4) is 0 Å². The smallest absolute Gasteiger partial charge is 0.416 e. The second kappa shape index (κ2) is 8.75. The molecule has 0 N–H and O–H groups in total. The molecule has 1 spiro atoms. The normalized spacial score (nSPS) is 27.5. The number of carbonyl (C=O) groups is 1. The second-order valence-electron chi connectivity index (χ2n) is 9.47. The molecule has 1 saturated carbocycles. The first-order valence-electron chi connectivity index (χ1n) is 11.2. The van der Waals surface area contributed by atoms with Crippen LogP contribution in [0.2, 0.25) is 0 Å². The van der Waals surface area contributed by atoms with E-state index in [0.29, 0.717) is 24.8 Å². The van der Waals surface area contributed by atoms with E-state index in [1.807, 2.05) is 13.8 Å². The predicted molar refractivity (Wildman–Crippen MR) is 115 cm³/mol. The summed E-state index contributed by atoms with van der Waals surface area (Å²) in [7, 11) is 1.34. The lowest BCUT2D eigenvalue weighted by molar-refractivity contribution is -0.147. The van der Waals surface area contributed by atoms with Gasteiger partial charge < -0.3 is 9.47 Å². The van der Waals surface area contributed by atoms with Crippen LogP contribution in [-0.4, -0.2) is 25.3 Å². The Morgan fingerprint density at radius 1 is 1.15 bits per heavy atom. The number of carbonyl (C=O) groups excluding carboxylic acids is 1. The van der Waals surface area contributed by atoms with E-state index in [1.54, 1.807) is 18.2 Å². The van der Waals surface area contributed by atoms with Crippen LogP contribution >= 0.6 is 0 Å². The molecule has 0 amide bonds. The average Bonchev–Trinajstić information content (AvgIpc) is 3.37. The van der Waals surface area contributed by atoms with Crippen LogP contribution < -0.4 is 0 Å². The second-order valence-corrected chi connectivity index (χ2v) is 9.47. The molecule has 3 nitrogen and oxygen atoms in total. The van der Waals surface area contributed by atoms with Crippen LogP contribution in [0.1, 0.15) is 73.1 Å². The third-order valence-electron chi connectivity index (χ3n) is 7.22. The molecule has 2 aromatic rings. The van der Waals surface area contributed by atoms with Crippen LogP contribution in [0.4, 0.5) is 17.6 Å². The number of hydrogen-bond donors (Lipinski definition) is 0. The summed E-state index contributed by atoms with van der Waals surface area (Å²) in [4.78, 5) is 12.6. The van der Waals surface area contributed by atoms with E-state index in [1.165, 1.54) is 25.3 Å². The van der Waals surface area contributed by atoms with Crippen LogP contribution in [0.3, 0.4) is 0 Å². The summed E-state index contributed by atoms with van der Waals surface area (Å²) < 4.78 is 65.4. The minimum Gasteiger partial charge on any atom is -0.469 e. The quantitative estimate of drug-likeness (QED) is 0.379. The first-order valence-corrected chi connectivity index (χ1v) is 11.2. The SMILES string of the molecule is COC(=O)[C@H]1CC[C@@]2(C[C@@H](c3cc(C(F)(F)F)ccc3C(C)C)CO2)[C@@H]1c1ccc(F)cc1. The Hall–Kier alpha value is -2.41. The number of esters is 1. The third kappa shape index (κ3) is 4.39. The van der Waals surface area contributed by atoms with Gasteiger partial charge in [-0.25, -0.2) is 4.39 Å². The summed E-state index contributed by atoms with van der Waals surface area (Å²) in [5.41, 5.74) is 0.907. The molecule has 7 heteroatoms. The van der Waals surface area contributed by atoms with Gasteiger partial charge in [0.2, 0.25) is 0 Å². The van der Waals surface area contributed by atoms with Crippen LogP contribution in [-0.2, 0) is 20.4 Å². The highest BCUT2D eigenvalue weighted by atomic mass is 19.4. The Labute approximate surface area is 191 Å². The first kappa shape index (κ1) is 23.7. The molecule has 0 radical (unpaired) electrons. The van der Waals surface area contributed by atoms with E-state index in [9.17, 15) is 22.4 Å². The summed E-state index contributed by atoms with van der Waals surface area (Å²) in [6.07, 6.45) is -2.81. The molecule has 0 unspecified atom stereocenters. The van der Waals surface area contributed by atoms with Gasteiger partial charge in [-0.2, -0.15) is 13.2 Å². The van der Waals surface area contributed by atoms with Gasteiger partial charge in [-0.05, 0) is 66.1 Å². The molecule has 1 aliphatic heterocycles. The highest BCUT2D eigenvalue weighted by Crippen LogP contribution is 2.57. The Kier molecular flexibility index (Phi) is 6.29. The molecule has 2 aromatic carbocycles. The molecular weight excluding hydrogens is 436 g/mol. The summed E-state index contributed by atoms with van der Waals surface area (Å²) in [6, 6.07) is 9.97. The number of ether oxygens (including phenoxy) is 2. The van der Waals surface area contributed by atoms with Crippen molar-refractivity contribution in [1.82, 2.24) is 0 Å². The fraction of sp³-hybridized carbons (Fsp3) is 0.500. The van der Waals surface area contributed by atoms with Gasteiger partial charge >= 0.3 is 12.1 Å².